The van der Waals surface area contributed by atoms with Gasteiger partial charge in [0.25, 0.3) is 0 Å². The monoisotopic (exact) mass is 226 g/mol. The van der Waals surface area contributed by atoms with E-state index in [9.17, 15) is 0 Å². The van der Waals surface area contributed by atoms with Gasteiger partial charge in [-0.15, -0.1) is 0 Å². The van der Waals surface area contributed by atoms with Gasteiger partial charge in [-0.1, -0.05) is 24.3 Å². The number of rotatable bonds is 3. The third-order valence-corrected chi connectivity index (χ3v) is 3.59. The van der Waals surface area contributed by atoms with Crippen molar-refractivity contribution in [2.24, 2.45) is 0 Å². The van der Waals surface area contributed by atoms with Crippen LogP contribution >= 0.6 is 0 Å². The molecule has 0 saturated heterocycles. The van der Waals surface area contributed by atoms with Gasteiger partial charge in [0.1, 0.15) is 0 Å². The summed E-state index contributed by atoms with van der Waals surface area (Å²) in [6, 6.07) is 13.6. The molecule has 0 saturated carbocycles. The highest BCUT2D eigenvalue weighted by atomic mass is 14.9. The topological polar surface area (TPSA) is 27.8 Å². The van der Waals surface area contributed by atoms with Gasteiger partial charge >= 0.3 is 0 Å². The molecule has 2 aromatic rings. The van der Waals surface area contributed by atoms with E-state index in [4.69, 9.17) is 0 Å². The summed E-state index contributed by atoms with van der Waals surface area (Å²) in [7, 11) is 0. The maximum atomic E-state index is 3.63. The molecule has 0 spiro atoms. The lowest BCUT2D eigenvalue weighted by molar-refractivity contribution is 0.455. The maximum absolute atomic E-state index is 3.63. The van der Waals surface area contributed by atoms with Crippen LogP contribution in [-0.2, 0) is 19.4 Å². The highest BCUT2D eigenvalue weighted by Crippen LogP contribution is 2.21. The van der Waals surface area contributed by atoms with Gasteiger partial charge in [-0.25, -0.2) is 0 Å². The van der Waals surface area contributed by atoms with E-state index < -0.39 is 0 Å². The smallest absolute Gasteiger partial charge is 0.0359 e. The molecule has 0 aliphatic heterocycles. The first-order valence-corrected chi connectivity index (χ1v) is 6.34. The molecule has 2 heteroatoms. The molecule has 3 rings (SSSR count). The summed E-state index contributed by atoms with van der Waals surface area (Å²) < 4.78 is 0. The first kappa shape index (κ1) is 10.6. The van der Waals surface area contributed by atoms with E-state index in [-0.39, 0.29) is 0 Å². The normalized spacial score (nSPS) is 18.9. The standard InChI is InChI=1S/C15H18N2/c1-2-5-13-10-14(8-7-12(13)4-1)17-11-15-6-3-9-16-15/h1-6,9,14,16-17H,7-8,10-11H2. The van der Waals surface area contributed by atoms with Gasteiger partial charge in [-0.05, 0) is 42.5 Å². The Morgan fingerprint density at radius 3 is 2.82 bits per heavy atom. The van der Waals surface area contributed by atoms with E-state index in [0.29, 0.717) is 6.04 Å². The third kappa shape index (κ3) is 2.42. The van der Waals surface area contributed by atoms with Crippen LogP contribution in [0.1, 0.15) is 23.2 Å². The van der Waals surface area contributed by atoms with Crippen molar-refractivity contribution in [1.82, 2.24) is 10.3 Å². The van der Waals surface area contributed by atoms with Crippen LogP contribution in [-0.4, -0.2) is 11.0 Å². The molecule has 1 unspecified atom stereocenters. The van der Waals surface area contributed by atoms with Crippen LogP contribution in [0.15, 0.2) is 42.6 Å². The predicted molar refractivity (Wildman–Crippen MR) is 69.9 cm³/mol. The fourth-order valence-corrected chi connectivity index (χ4v) is 2.60. The molecule has 1 aliphatic carbocycles. The second-order valence-corrected chi connectivity index (χ2v) is 4.78. The minimum atomic E-state index is 0.619. The Morgan fingerprint density at radius 1 is 1.12 bits per heavy atom. The van der Waals surface area contributed by atoms with Crippen molar-refractivity contribution in [3.63, 3.8) is 0 Å². The van der Waals surface area contributed by atoms with Crippen LogP contribution in [0.2, 0.25) is 0 Å². The highest BCUT2D eigenvalue weighted by Gasteiger charge is 2.17. The van der Waals surface area contributed by atoms with Crippen LogP contribution in [0.4, 0.5) is 0 Å². The maximum Gasteiger partial charge on any atom is 0.0359 e. The third-order valence-electron chi connectivity index (χ3n) is 3.59. The van der Waals surface area contributed by atoms with E-state index >= 15 is 0 Å². The molecular weight excluding hydrogens is 208 g/mol. The average Bonchev–Trinajstić information content (AvgIpc) is 2.89. The molecule has 0 amide bonds. The first-order valence-electron chi connectivity index (χ1n) is 6.34. The number of aryl methyl sites for hydroxylation is 1. The molecule has 1 heterocycles. The SMILES string of the molecule is c1c[nH]c(CNC2CCc3ccccc3C2)c1. The molecule has 1 aromatic carbocycles. The van der Waals surface area contributed by atoms with Crippen LogP contribution in [0.3, 0.4) is 0 Å². The summed E-state index contributed by atoms with van der Waals surface area (Å²) in [5.74, 6) is 0. The molecule has 17 heavy (non-hydrogen) atoms. The van der Waals surface area contributed by atoms with E-state index in [1.165, 1.54) is 29.7 Å². The summed E-state index contributed by atoms with van der Waals surface area (Å²) in [6.07, 6.45) is 5.60. The lowest BCUT2D eigenvalue weighted by Gasteiger charge is -2.25. The molecule has 1 aromatic heterocycles. The zero-order valence-electron chi connectivity index (χ0n) is 9.95. The summed E-state index contributed by atoms with van der Waals surface area (Å²) in [5, 5.41) is 3.63. The van der Waals surface area contributed by atoms with Gasteiger partial charge in [-0.3, -0.25) is 0 Å². The molecule has 88 valence electrons. The van der Waals surface area contributed by atoms with Crippen LogP contribution in [0.5, 0.6) is 0 Å². The molecule has 2 N–H and O–H groups in total. The molecule has 1 aliphatic rings. The van der Waals surface area contributed by atoms with Gasteiger partial charge in [0.05, 0.1) is 0 Å². The number of H-pyrrole nitrogens is 1. The van der Waals surface area contributed by atoms with Gasteiger partial charge < -0.3 is 10.3 Å². The predicted octanol–water partition coefficient (Wildman–Crippen LogP) is 2.66. The summed E-state index contributed by atoms with van der Waals surface area (Å²) in [4.78, 5) is 3.23. The van der Waals surface area contributed by atoms with Crippen molar-refractivity contribution in [1.29, 1.82) is 0 Å². The van der Waals surface area contributed by atoms with E-state index in [1.54, 1.807) is 0 Å². The van der Waals surface area contributed by atoms with Crippen molar-refractivity contribution in [3.8, 4) is 0 Å². The number of aromatic nitrogens is 1. The Balaban J connectivity index is 1.61. The molecule has 0 radical (unpaired) electrons. The number of aromatic amines is 1. The van der Waals surface area contributed by atoms with Gasteiger partial charge in [0, 0.05) is 24.5 Å². The second kappa shape index (κ2) is 4.76. The number of benzene rings is 1. The highest BCUT2D eigenvalue weighted by molar-refractivity contribution is 5.30. The van der Waals surface area contributed by atoms with Crippen molar-refractivity contribution < 1.29 is 0 Å². The minimum absolute atomic E-state index is 0.619. The van der Waals surface area contributed by atoms with Crippen molar-refractivity contribution in [3.05, 3.63) is 59.4 Å². The Labute approximate surface area is 102 Å². The van der Waals surface area contributed by atoms with E-state index in [2.05, 4.69) is 40.6 Å². The lowest BCUT2D eigenvalue weighted by Crippen LogP contribution is -2.34. The zero-order chi connectivity index (χ0) is 11.5. The summed E-state index contributed by atoms with van der Waals surface area (Å²) >= 11 is 0. The van der Waals surface area contributed by atoms with Crippen LogP contribution in [0, 0.1) is 0 Å². The Hall–Kier alpha value is -1.54. The van der Waals surface area contributed by atoms with Crippen LogP contribution < -0.4 is 5.32 Å². The molecule has 1 atom stereocenters. The van der Waals surface area contributed by atoms with Gasteiger partial charge in [-0.2, -0.15) is 0 Å². The van der Waals surface area contributed by atoms with Gasteiger partial charge in [0.15, 0.2) is 0 Å². The Bertz CT molecular complexity index is 473. The van der Waals surface area contributed by atoms with E-state index in [0.717, 1.165) is 13.0 Å². The Morgan fingerprint density at radius 2 is 2.00 bits per heavy atom. The Kier molecular flexibility index (Phi) is 2.97. The molecular formula is C15H18N2. The quantitative estimate of drug-likeness (QED) is 0.827. The molecule has 0 fully saturated rings. The summed E-state index contributed by atoms with van der Waals surface area (Å²) in [6.45, 7) is 0.944. The summed E-state index contributed by atoms with van der Waals surface area (Å²) in [5.41, 5.74) is 4.32. The van der Waals surface area contributed by atoms with Crippen molar-refractivity contribution >= 4 is 0 Å². The average molecular weight is 226 g/mol. The first-order chi connectivity index (χ1) is 8.42. The zero-order valence-corrected chi connectivity index (χ0v) is 9.95. The fraction of sp³-hybridized carbons (Fsp3) is 0.333. The molecule has 0 bridgehead atoms. The van der Waals surface area contributed by atoms with Crippen LogP contribution in [0.25, 0.3) is 0 Å². The van der Waals surface area contributed by atoms with Crippen molar-refractivity contribution in [2.75, 3.05) is 0 Å². The van der Waals surface area contributed by atoms with E-state index in [1.807, 2.05) is 12.3 Å². The second-order valence-electron chi connectivity index (χ2n) is 4.78. The molecule has 2 nitrogen and oxygen atoms in total. The number of hydrogen-bond acceptors (Lipinski definition) is 1. The fourth-order valence-electron chi connectivity index (χ4n) is 2.60. The number of nitrogens with one attached hydrogen (secondary N) is 2. The van der Waals surface area contributed by atoms with Crippen molar-refractivity contribution in [2.45, 2.75) is 31.8 Å². The lowest BCUT2D eigenvalue weighted by atomic mass is 9.88. The largest absolute Gasteiger partial charge is 0.364 e. The number of fused-ring (bicyclic) bond motifs is 1. The van der Waals surface area contributed by atoms with Gasteiger partial charge in [0.2, 0.25) is 0 Å². The minimum Gasteiger partial charge on any atom is -0.364 e. The number of hydrogen-bond donors (Lipinski definition) is 2.